The summed E-state index contributed by atoms with van der Waals surface area (Å²) >= 11 is 0. The normalized spacial score (nSPS) is 22.8. The first-order valence-corrected chi connectivity index (χ1v) is 6.21. The fourth-order valence-electron chi connectivity index (χ4n) is 2.31. The molecule has 0 aliphatic heterocycles. The van der Waals surface area contributed by atoms with Gasteiger partial charge in [-0.3, -0.25) is 9.59 Å². The zero-order valence-electron chi connectivity index (χ0n) is 10.6. The van der Waals surface area contributed by atoms with E-state index in [2.05, 4.69) is 18.7 Å². The van der Waals surface area contributed by atoms with Crippen molar-refractivity contribution in [1.82, 2.24) is 0 Å². The predicted molar refractivity (Wildman–Crippen MR) is 68.8 cm³/mol. The third kappa shape index (κ3) is 1.93. The van der Waals surface area contributed by atoms with Crippen LogP contribution >= 0.6 is 0 Å². The van der Waals surface area contributed by atoms with Crippen molar-refractivity contribution >= 4 is 17.3 Å². The molecule has 2 atom stereocenters. The lowest BCUT2D eigenvalue weighted by molar-refractivity contribution is -0.154. The van der Waals surface area contributed by atoms with Gasteiger partial charge in [-0.1, -0.05) is 12.1 Å². The molecule has 0 amide bonds. The lowest BCUT2D eigenvalue weighted by atomic mass is 9.74. The Labute approximate surface area is 106 Å². The fraction of sp³-hybridized carbons (Fsp3) is 0.429. The number of carbonyl (C=O) groups excluding carboxylic acids is 2. The first-order chi connectivity index (χ1) is 8.60. The second kappa shape index (κ2) is 4.90. The van der Waals surface area contributed by atoms with Crippen LogP contribution in [0.3, 0.4) is 0 Å². The minimum atomic E-state index is -1.16. The van der Waals surface area contributed by atoms with E-state index in [0.717, 1.165) is 18.8 Å². The monoisotopic (exact) mass is 247 g/mol. The van der Waals surface area contributed by atoms with E-state index in [0.29, 0.717) is 5.56 Å². The Morgan fingerprint density at radius 1 is 1.06 bits per heavy atom. The number of nitrogens with zero attached hydrogens (tertiary/aromatic N) is 1. The molecule has 1 aromatic carbocycles. The van der Waals surface area contributed by atoms with E-state index in [-0.39, 0.29) is 0 Å². The van der Waals surface area contributed by atoms with E-state index in [9.17, 15) is 14.7 Å². The largest absolute Gasteiger partial charge is 0.384 e. The molecular weight excluding hydrogens is 230 g/mol. The molecule has 1 aliphatic rings. The number of aliphatic hydroxyl groups is 1. The predicted octanol–water partition coefficient (Wildman–Crippen LogP) is 1.13. The number of anilines is 1. The van der Waals surface area contributed by atoms with Gasteiger partial charge in [0.2, 0.25) is 11.6 Å². The Balaban J connectivity index is 2.18. The standard InChI is InChI=1S/C14H17NO3/c1-3-15(4-2)10-7-5-9(6-8-10)11-12(16)14(18)13(11)17/h5-8,11-12,16H,3-4H2,1-2H3. The van der Waals surface area contributed by atoms with Gasteiger partial charge in [-0.2, -0.15) is 0 Å². The maximum Gasteiger partial charge on any atom is 0.228 e. The zero-order valence-corrected chi connectivity index (χ0v) is 10.6. The molecule has 0 aromatic heterocycles. The Morgan fingerprint density at radius 3 is 2.06 bits per heavy atom. The topological polar surface area (TPSA) is 57.6 Å². The molecule has 2 rings (SSSR count). The van der Waals surface area contributed by atoms with Gasteiger partial charge >= 0.3 is 0 Å². The Morgan fingerprint density at radius 2 is 1.61 bits per heavy atom. The molecule has 0 saturated heterocycles. The van der Waals surface area contributed by atoms with Crippen LogP contribution in [0.4, 0.5) is 5.69 Å². The van der Waals surface area contributed by atoms with Crippen molar-refractivity contribution in [3.05, 3.63) is 29.8 Å². The highest BCUT2D eigenvalue weighted by Gasteiger charge is 2.48. The number of rotatable bonds is 4. The molecule has 4 nitrogen and oxygen atoms in total. The van der Waals surface area contributed by atoms with Crippen LogP contribution in [0.1, 0.15) is 25.3 Å². The van der Waals surface area contributed by atoms with Gasteiger partial charge in [0.15, 0.2) is 0 Å². The molecule has 0 heterocycles. The molecule has 18 heavy (non-hydrogen) atoms. The van der Waals surface area contributed by atoms with Crippen LogP contribution in [0.5, 0.6) is 0 Å². The van der Waals surface area contributed by atoms with E-state index in [1.165, 1.54) is 0 Å². The van der Waals surface area contributed by atoms with E-state index >= 15 is 0 Å². The summed E-state index contributed by atoms with van der Waals surface area (Å²) in [7, 11) is 0. The van der Waals surface area contributed by atoms with Gasteiger partial charge in [0.05, 0.1) is 5.92 Å². The van der Waals surface area contributed by atoms with Gasteiger partial charge < -0.3 is 10.0 Å². The Kier molecular flexibility index (Phi) is 3.48. The minimum absolute atomic E-state index is 0.488. The molecule has 0 bridgehead atoms. The van der Waals surface area contributed by atoms with Crippen molar-refractivity contribution < 1.29 is 14.7 Å². The highest BCUT2D eigenvalue weighted by Crippen LogP contribution is 2.31. The third-order valence-electron chi connectivity index (χ3n) is 3.49. The molecule has 4 heteroatoms. The highest BCUT2D eigenvalue weighted by atomic mass is 16.3. The molecule has 1 aromatic rings. The fourth-order valence-corrected chi connectivity index (χ4v) is 2.31. The number of hydrogen-bond acceptors (Lipinski definition) is 4. The van der Waals surface area contributed by atoms with Crippen molar-refractivity contribution in [2.24, 2.45) is 0 Å². The summed E-state index contributed by atoms with van der Waals surface area (Å²) in [5.41, 5.74) is 1.79. The maximum atomic E-state index is 11.4. The number of Topliss-reactive ketones (excluding diaryl/α,β-unsaturated/α-hetero) is 2. The summed E-state index contributed by atoms with van der Waals surface area (Å²) in [5.74, 6) is -1.82. The summed E-state index contributed by atoms with van der Waals surface area (Å²) in [6, 6.07) is 7.47. The van der Waals surface area contributed by atoms with Crippen molar-refractivity contribution in [1.29, 1.82) is 0 Å². The smallest absolute Gasteiger partial charge is 0.228 e. The van der Waals surface area contributed by atoms with Gasteiger partial charge in [0.25, 0.3) is 0 Å². The molecule has 1 saturated carbocycles. The van der Waals surface area contributed by atoms with Crippen molar-refractivity contribution in [2.75, 3.05) is 18.0 Å². The van der Waals surface area contributed by atoms with Crippen LogP contribution in [0.25, 0.3) is 0 Å². The summed E-state index contributed by atoms with van der Waals surface area (Å²) < 4.78 is 0. The number of hydrogen-bond donors (Lipinski definition) is 1. The van der Waals surface area contributed by atoms with Gasteiger partial charge in [0.1, 0.15) is 6.10 Å². The molecule has 1 aliphatic carbocycles. The van der Waals surface area contributed by atoms with Crippen LogP contribution in [0.2, 0.25) is 0 Å². The quantitative estimate of drug-likeness (QED) is 0.810. The van der Waals surface area contributed by atoms with E-state index < -0.39 is 23.6 Å². The maximum absolute atomic E-state index is 11.4. The van der Waals surface area contributed by atoms with E-state index in [4.69, 9.17) is 0 Å². The molecule has 96 valence electrons. The molecule has 0 spiro atoms. The van der Waals surface area contributed by atoms with Crippen molar-refractivity contribution in [3.8, 4) is 0 Å². The average Bonchev–Trinajstić information content (AvgIpc) is 2.41. The van der Waals surface area contributed by atoms with Crippen molar-refractivity contribution in [2.45, 2.75) is 25.9 Å². The van der Waals surface area contributed by atoms with Crippen LogP contribution in [-0.4, -0.2) is 35.9 Å². The summed E-state index contributed by atoms with van der Waals surface area (Å²) in [6.45, 7) is 5.99. The zero-order chi connectivity index (χ0) is 13.3. The van der Waals surface area contributed by atoms with Gasteiger partial charge in [-0.15, -0.1) is 0 Å². The highest BCUT2D eigenvalue weighted by molar-refractivity contribution is 6.48. The summed E-state index contributed by atoms with van der Waals surface area (Å²) in [6.07, 6.45) is -1.16. The van der Waals surface area contributed by atoms with Crippen LogP contribution in [0, 0.1) is 0 Å². The SMILES string of the molecule is CCN(CC)c1ccc(C2C(=O)C(=O)C2O)cc1. The summed E-state index contributed by atoms with van der Waals surface area (Å²) in [5, 5.41) is 9.49. The second-order valence-corrected chi connectivity index (χ2v) is 4.41. The van der Waals surface area contributed by atoms with Gasteiger partial charge in [0, 0.05) is 18.8 Å². The number of benzene rings is 1. The molecular formula is C14H17NO3. The Hall–Kier alpha value is -1.68. The number of ketones is 2. The number of carbonyl (C=O) groups is 2. The van der Waals surface area contributed by atoms with E-state index in [1.807, 2.05) is 24.3 Å². The van der Waals surface area contributed by atoms with Crippen molar-refractivity contribution in [3.63, 3.8) is 0 Å². The molecule has 1 fully saturated rings. The summed E-state index contributed by atoms with van der Waals surface area (Å²) in [4.78, 5) is 24.6. The molecule has 2 unspecified atom stereocenters. The lowest BCUT2D eigenvalue weighted by Gasteiger charge is -2.29. The molecule has 0 radical (unpaired) electrons. The van der Waals surface area contributed by atoms with Gasteiger partial charge in [-0.25, -0.2) is 0 Å². The second-order valence-electron chi connectivity index (χ2n) is 4.41. The van der Waals surface area contributed by atoms with Crippen LogP contribution in [0.15, 0.2) is 24.3 Å². The lowest BCUT2D eigenvalue weighted by Crippen LogP contribution is -2.50. The van der Waals surface area contributed by atoms with Gasteiger partial charge in [-0.05, 0) is 31.5 Å². The number of aliphatic hydroxyl groups excluding tert-OH is 1. The minimum Gasteiger partial charge on any atom is -0.384 e. The first-order valence-electron chi connectivity index (χ1n) is 6.21. The molecule has 1 N–H and O–H groups in total. The van der Waals surface area contributed by atoms with Crippen LogP contribution in [-0.2, 0) is 9.59 Å². The third-order valence-corrected chi connectivity index (χ3v) is 3.49. The first kappa shape index (κ1) is 12.8. The van der Waals surface area contributed by atoms with E-state index in [1.54, 1.807) is 0 Å². The van der Waals surface area contributed by atoms with Crippen LogP contribution < -0.4 is 4.90 Å². The average molecular weight is 247 g/mol. The Bertz CT molecular complexity index is 462.